The fourth-order valence-electron chi connectivity index (χ4n) is 3.38. The summed E-state index contributed by atoms with van der Waals surface area (Å²) < 4.78 is 4.68. The maximum Gasteiger partial charge on any atom is 0.337 e. The molecule has 8 heteroatoms. The number of hydrogen-bond acceptors (Lipinski definition) is 6. The first kappa shape index (κ1) is 24.0. The molecule has 0 saturated carbocycles. The molecule has 176 valence electrons. The minimum atomic E-state index is -0.459. The molecule has 0 aromatic heterocycles. The van der Waals surface area contributed by atoms with Crippen molar-refractivity contribution < 1.29 is 19.1 Å². The molecule has 1 fully saturated rings. The molecule has 1 N–H and O–H groups in total. The van der Waals surface area contributed by atoms with Gasteiger partial charge in [-0.1, -0.05) is 60.7 Å². The number of carbonyl (C=O) groups excluding carboxylic acids is 3. The molecule has 4 rings (SSSR count). The van der Waals surface area contributed by atoms with Crippen molar-refractivity contribution in [2.75, 3.05) is 12.4 Å². The zero-order chi connectivity index (χ0) is 24.6. The highest BCUT2D eigenvalue weighted by molar-refractivity contribution is 8.18. The summed E-state index contributed by atoms with van der Waals surface area (Å²) >= 11 is 1.18. The predicted octanol–water partition coefficient (Wildman–Crippen LogP) is 4.63. The molecule has 3 aromatic rings. The van der Waals surface area contributed by atoms with Crippen LogP contribution in [-0.4, -0.2) is 35.0 Å². The van der Waals surface area contributed by atoms with Crippen LogP contribution in [-0.2, 0) is 27.4 Å². The summed E-state index contributed by atoms with van der Waals surface area (Å²) in [7, 11) is 1.30. The maximum absolute atomic E-state index is 13.2. The highest BCUT2D eigenvalue weighted by Crippen LogP contribution is 2.32. The van der Waals surface area contributed by atoms with Gasteiger partial charge < -0.3 is 10.1 Å². The van der Waals surface area contributed by atoms with Gasteiger partial charge in [0.25, 0.3) is 5.91 Å². The largest absolute Gasteiger partial charge is 0.465 e. The number of esters is 1. The number of amides is 2. The van der Waals surface area contributed by atoms with Crippen LogP contribution in [0.2, 0.25) is 0 Å². The zero-order valence-electron chi connectivity index (χ0n) is 19.0. The van der Waals surface area contributed by atoms with Crippen LogP contribution in [0.5, 0.6) is 0 Å². The van der Waals surface area contributed by atoms with E-state index in [2.05, 4.69) is 15.0 Å². The molecule has 7 nitrogen and oxygen atoms in total. The van der Waals surface area contributed by atoms with Gasteiger partial charge in [0, 0.05) is 11.8 Å². The topological polar surface area (TPSA) is 88.1 Å². The second-order valence-electron chi connectivity index (χ2n) is 7.63. The third kappa shape index (κ3) is 6.24. The van der Waals surface area contributed by atoms with Crippen LogP contribution in [0.1, 0.15) is 21.5 Å². The number of aliphatic imine (C=N–C) groups is 1. The first-order valence-corrected chi connectivity index (χ1v) is 11.7. The summed E-state index contributed by atoms with van der Waals surface area (Å²) in [5, 5.41) is 3.26. The number of anilines is 1. The third-order valence-electron chi connectivity index (χ3n) is 5.15. The Morgan fingerprint density at radius 1 is 0.943 bits per heavy atom. The highest BCUT2D eigenvalue weighted by atomic mass is 32.2. The normalized spacial score (nSPS) is 15.5. The molecule has 0 radical (unpaired) electrons. The van der Waals surface area contributed by atoms with Crippen molar-refractivity contribution in [1.29, 1.82) is 0 Å². The Labute approximate surface area is 207 Å². The molecule has 0 atom stereocenters. The summed E-state index contributed by atoms with van der Waals surface area (Å²) in [6.07, 6.45) is 1.28. The van der Waals surface area contributed by atoms with E-state index in [0.717, 1.165) is 11.1 Å². The number of nitrogens with zero attached hydrogens (tertiary/aromatic N) is 2. The Bertz CT molecular complexity index is 1270. The zero-order valence-corrected chi connectivity index (χ0v) is 19.8. The average molecular weight is 486 g/mol. The van der Waals surface area contributed by atoms with E-state index in [1.54, 1.807) is 29.2 Å². The number of methoxy groups -OCH3 is 1. The highest BCUT2D eigenvalue weighted by Gasteiger charge is 2.33. The van der Waals surface area contributed by atoms with Gasteiger partial charge in [-0.3, -0.25) is 19.5 Å². The van der Waals surface area contributed by atoms with Gasteiger partial charge in [-0.25, -0.2) is 4.79 Å². The Morgan fingerprint density at radius 2 is 1.57 bits per heavy atom. The van der Waals surface area contributed by atoms with Crippen molar-refractivity contribution in [2.24, 2.45) is 4.99 Å². The van der Waals surface area contributed by atoms with Gasteiger partial charge in [0.1, 0.15) is 0 Å². The standard InChI is InChI=1S/C27H23N3O4S/c1-34-26(33)21-12-14-22(15-13-21)29-24(31)16-23-25(32)30(18-20-10-6-3-7-11-20)27(35-23)28-17-19-8-4-2-5-9-19/h2-16H,17-18H2,1H3,(H,29,31)/b23-16-,28-27?. The van der Waals surface area contributed by atoms with Crippen molar-refractivity contribution in [3.05, 3.63) is 113 Å². The Kier molecular flexibility index (Phi) is 7.74. The van der Waals surface area contributed by atoms with Crippen molar-refractivity contribution in [3.8, 4) is 0 Å². The Balaban J connectivity index is 1.52. The summed E-state index contributed by atoms with van der Waals surface area (Å²) in [4.78, 5) is 44.0. The lowest BCUT2D eigenvalue weighted by Crippen LogP contribution is -2.29. The van der Waals surface area contributed by atoms with E-state index in [0.29, 0.717) is 29.5 Å². The number of benzene rings is 3. The van der Waals surface area contributed by atoms with Crippen LogP contribution in [0, 0.1) is 0 Å². The molecule has 1 heterocycles. The first-order chi connectivity index (χ1) is 17.0. The molecular formula is C27H23N3O4S. The number of thioether (sulfide) groups is 1. The second-order valence-corrected chi connectivity index (χ2v) is 8.64. The van der Waals surface area contributed by atoms with Gasteiger partial charge in [-0.15, -0.1) is 0 Å². The molecule has 0 aliphatic carbocycles. The minimum absolute atomic E-state index is 0.276. The lowest BCUT2D eigenvalue weighted by molar-refractivity contribution is -0.123. The average Bonchev–Trinajstić information content (AvgIpc) is 3.17. The van der Waals surface area contributed by atoms with Crippen molar-refractivity contribution in [3.63, 3.8) is 0 Å². The van der Waals surface area contributed by atoms with E-state index in [9.17, 15) is 14.4 Å². The first-order valence-electron chi connectivity index (χ1n) is 10.9. The summed E-state index contributed by atoms with van der Waals surface area (Å²) in [5.41, 5.74) is 2.86. The number of carbonyl (C=O) groups is 3. The lowest BCUT2D eigenvalue weighted by Gasteiger charge is -2.15. The van der Waals surface area contributed by atoms with E-state index in [1.807, 2.05) is 60.7 Å². The second kappa shape index (κ2) is 11.3. The molecule has 0 unspecified atom stereocenters. The summed E-state index contributed by atoms with van der Waals surface area (Å²) in [6, 6.07) is 25.7. The van der Waals surface area contributed by atoms with Crippen LogP contribution >= 0.6 is 11.8 Å². The summed E-state index contributed by atoms with van der Waals surface area (Å²) in [5.74, 6) is -1.18. The van der Waals surface area contributed by atoms with Gasteiger partial charge in [0.05, 0.1) is 30.7 Å². The fourth-order valence-corrected chi connectivity index (χ4v) is 4.33. The number of hydrogen-bond donors (Lipinski definition) is 1. The fraction of sp³-hybridized carbons (Fsp3) is 0.111. The summed E-state index contributed by atoms with van der Waals surface area (Å²) in [6.45, 7) is 0.780. The van der Waals surface area contributed by atoms with Gasteiger partial charge in [0.15, 0.2) is 5.17 Å². The number of ether oxygens (including phenoxy) is 1. The van der Waals surface area contributed by atoms with Gasteiger partial charge in [-0.2, -0.15) is 0 Å². The van der Waals surface area contributed by atoms with Gasteiger partial charge in [0.2, 0.25) is 5.91 Å². The molecule has 3 aromatic carbocycles. The number of amidine groups is 1. The molecule has 0 spiro atoms. The van der Waals surface area contributed by atoms with Crippen molar-refractivity contribution in [1.82, 2.24) is 4.90 Å². The van der Waals surface area contributed by atoms with E-state index in [-0.39, 0.29) is 10.8 Å². The van der Waals surface area contributed by atoms with Gasteiger partial charge >= 0.3 is 5.97 Å². The molecule has 2 amide bonds. The van der Waals surface area contributed by atoms with Crippen LogP contribution < -0.4 is 5.32 Å². The number of nitrogens with one attached hydrogen (secondary N) is 1. The lowest BCUT2D eigenvalue weighted by atomic mass is 10.2. The maximum atomic E-state index is 13.2. The van der Waals surface area contributed by atoms with E-state index in [1.165, 1.54) is 24.9 Å². The predicted molar refractivity (Wildman–Crippen MR) is 137 cm³/mol. The van der Waals surface area contributed by atoms with Gasteiger partial charge in [-0.05, 0) is 47.2 Å². The molecular weight excluding hydrogens is 462 g/mol. The van der Waals surface area contributed by atoms with E-state index in [4.69, 9.17) is 0 Å². The molecule has 0 bridgehead atoms. The quantitative estimate of drug-likeness (QED) is 0.390. The van der Waals surface area contributed by atoms with E-state index < -0.39 is 11.9 Å². The minimum Gasteiger partial charge on any atom is -0.465 e. The Morgan fingerprint density at radius 3 is 2.20 bits per heavy atom. The van der Waals surface area contributed by atoms with Crippen LogP contribution in [0.15, 0.2) is 101 Å². The van der Waals surface area contributed by atoms with E-state index >= 15 is 0 Å². The smallest absolute Gasteiger partial charge is 0.337 e. The Hall–Kier alpha value is -4.17. The third-order valence-corrected chi connectivity index (χ3v) is 6.19. The molecule has 1 aliphatic heterocycles. The van der Waals surface area contributed by atoms with Crippen molar-refractivity contribution >= 4 is 40.4 Å². The van der Waals surface area contributed by atoms with Crippen LogP contribution in [0.25, 0.3) is 0 Å². The van der Waals surface area contributed by atoms with Crippen LogP contribution in [0.4, 0.5) is 5.69 Å². The van der Waals surface area contributed by atoms with Crippen molar-refractivity contribution in [2.45, 2.75) is 13.1 Å². The van der Waals surface area contributed by atoms with Crippen LogP contribution in [0.3, 0.4) is 0 Å². The molecule has 35 heavy (non-hydrogen) atoms. The molecule has 1 aliphatic rings. The SMILES string of the molecule is COC(=O)c1ccc(NC(=O)/C=C2\SC(=NCc3ccccc3)N(Cc3ccccc3)C2=O)cc1. The molecule has 1 saturated heterocycles. The number of rotatable bonds is 7. The monoisotopic (exact) mass is 485 g/mol.